The third-order valence-electron chi connectivity index (χ3n) is 4.73. The lowest BCUT2D eigenvalue weighted by Gasteiger charge is -2.37. The molecule has 150 valence electrons. The fraction of sp³-hybridized carbons (Fsp3) is 0.579. The van der Waals surface area contributed by atoms with Gasteiger partial charge in [0.15, 0.2) is 5.96 Å². The molecule has 2 unspecified atom stereocenters. The summed E-state index contributed by atoms with van der Waals surface area (Å²) in [5, 5.41) is 3.36. The summed E-state index contributed by atoms with van der Waals surface area (Å²) in [4.78, 5) is 18.3. The van der Waals surface area contributed by atoms with Crippen LogP contribution in [0.25, 0.3) is 0 Å². The fourth-order valence-electron chi connectivity index (χ4n) is 3.40. The minimum absolute atomic E-state index is 0. The Labute approximate surface area is 177 Å². The second-order valence-electron chi connectivity index (χ2n) is 6.64. The molecule has 8 heteroatoms. The highest BCUT2D eigenvalue weighted by atomic mass is 127. The van der Waals surface area contributed by atoms with E-state index in [4.69, 9.17) is 20.2 Å². The molecule has 1 aromatic carbocycles. The van der Waals surface area contributed by atoms with Gasteiger partial charge in [-0.3, -0.25) is 4.79 Å². The van der Waals surface area contributed by atoms with Gasteiger partial charge in [0.1, 0.15) is 6.10 Å². The van der Waals surface area contributed by atoms with Gasteiger partial charge in [0.2, 0.25) is 5.91 Å². The average molecular weight is 488 g/mol. The molecule has 2 aliphatic rings. The number of aliphatic imine (C=N–C) groups is 1. The van der Waals surface area contributed by atoms with Crippen molar-refractivity contribution < 1.29 is 14.3 Å². The van der Waals surface area contributed by atoms with Crippen LogP contribution in [0.4, 0.5) is 0 Å². The Morgan fingerprint density at radius 2 is 2.15 bits per heavy atom. The van der Waals surface area contributed by atoms with Crippen LogP contribution in [-0.2, 0) is 16.0 Å². The van der Waals surface area contributed by atoms with Crippen LogP contribution in [0.15, 0.2) is 29.3 Å². The summed E-state index contributed by atoms with van der Waals surface area (Å²) in [5.74, 6) is 0.443. The van der Waals surface area contributed by atoms with E-state index in [0.29, 0.717) is 18.7 Å². The molecule has 3 N–H and O–H groups in total. The number of benzene rings is 1. The number of hydrogen-bond donors (Lipinski definition) is 2. The van der Waals surface area contributed by atoms with Crippen molar-refractivity contribution in [3.05, 3.63) is 35.4 Å². The highest BCUT2D eigenvalue weighted by molar-refractivity contribution is 14.0. The van der Waals surface area contributed by atoms with Crippen LogP contribution in [0.2, 0.25) is 0 Å². The van der Waals surface area contributed by atoms with Crippen molar-refractivity contribution in [2.24, 2.45) is 10.7 Å². The molecule has 1 amide bonds. The molecule has 0 bridgehead atoms. The average Bonchev–Trinajstić information content (AvgIpc) is 3.20. The van der Waals surface area contributed by atoms with Crippen molar-refractivity contribution in [3.8, 4) is 0 Å². The van der Waals surface area contributed by atoms with E-state index in [1.807, 2.05) is 12.1 Å². The number of nitrogens with one attached hydrogen (secondary N) is 1. The lowest BCUT2D eigenvalue weighted by molar-refractivity contribution is -0.0817. The number of amides is 1. The number of rotatable bonds is 5. The van der Waals surface area contributed by atoms with Crippen LogP contribution in [0, 0.1) is 0 Å². The zero-order valence-corrected chi connectivity index (χ0v) is 18.1. The van der Waals surface area contributed by atoms with Gasteiger partial charge in [-0.1, -0.05) is 12.1 Å². The van der Waals surface area contributed by atoms with Gasteiger partial charge in [-0.15, -0.1) is 24.0 Å². The number of ether oxygens (including phenoxy) is 2. The molecular formula is C19H29IN4O3. The predicted octanol–water partition coefficient (Wildman–Crippen LogP) is 1.75. The number of guanidine groups is 1. The highest BCUT2D eigenvalue weighted by Crippen LogP contribution is 2.21. The van der Waals surface area contributed by atoms with Gasteiger partial charge in [-0.2, -0.15) is 0 Å². The number of hydrogen-bond acceptors (Lipinski definition) is 4. The Balaban J connectivity index is 0.00000261. The van der Waals surface area contributed by atoms with E-state index in [1.54, 1.807) is 12.1 Å². The second kappa shape index (κ2) is 10.8. The molecule has 3 rings (SSSR count). The Kier molecular flexibility index (Phi) is 8.78. The first-order valence-electron chi connectivity index (χ1n) is 9.32. The Hall–Kier alpha value is -1.39. The number of carbonyl (C=O) groups is 1. The van der Waals surface area contributed by atoms with E-state index in [-0.39, 0.29) is 36.2 Å². The summed E-state index contributed by atoms with van der Waals surface area (Å²) in [6.07, 6.45) is 2.45. The minimum Gasteiger partial charge on any atom is -0.375 e. The molecule has 2 aliphatic heterocycles. The zero-order valence-electron chi connectivity index (χ0n) is 15.7. The molecule has 0 spiro atoms. The monoisotopic (exact) mass is 488 g/mol. The van der Waals surface area contributed by atoms with E-state index in [9.17, 15) is 4.79 Å². The maximum atomic E-state index is 11.3. The molecule has 0 saturated carbocycles. The highest BCUT2D eigenvalue weighted by Gasteiger charge is 2.32. The molecule has 2 fully saturated rings. The van der Waals surface area contributed by atoms with E-state index in [1.165, 1.54) is 0 Å². The number of nitrogens with two attached hydrogens (primary N) is 1. The summed E-state index contributed by atoms with van der Waals surface area (Å²) in [5.41, 5.74) is 6.82. The van der Waals surface area contributed by atoms with E-state index < -0.39 is 5.91 Å². The van der Waals surface area contributed by atoms with Gasteiger partial charge in [0, 0.05) is 31.8 Å². The minimum atomic E-state index is -0.421. The molecule has 2 heterocycles. The lowest BCUT2D eigenvalue weighted by Crippen LogP contribution is -2.53. The lowest BCUT2D eigenvalue weighted by atomic mass is 10.1. The maximum absolute atomic E-state index is 11.3. The molecule has 2 atom stereocenters. The fourth-order valence-corrected chi connectivity index (χ4v) is 3.40. The number of nitrogens with zero attached hydrogens (tertiary/aromatic N) is 2. The van der Waals surface area contributed by atoms with Gasteiger partial charge in [0.25, 0.3) is 0 Å². The van der Waals surface area contributed by atoms with Gasteiger partial charge >= 0.3 is 0 Å². The smallest absolute Gasteiger partial charge is 0.248 e. The number of halogens is 1. The topological polar surface area (TPSA) is 89.2 Å². The van der Waals surface area contributed by atoms with E-state index in [2.05, 4.69) is 17.1 Å². The van der Waals surface area contributed by atoms with Crippen LogP contribution in [0.3, 0.4) is 0 Å². The van der Waals surface area contributed by atoms with Crippen molar-refractivity contribution in [1.82, 2.24) is 10.2 Å². The van der Waals surface area contributed by atoms with E-state index in [0.717, 1.165) is 50.6 Å². The molecular weight excluding hydrogens is 459 g/mol. The predicted molar refractivity (Wildman–Crippen MR) is 115 cm³/mol. The molecule has 27 heavy (non-hydrogen) atoms. The maximum Gasteiger partial charge on any atom is 0.248 e. The SMILES string of the molecule is CCNC(=NCc1cccc(C(N)=O)c1)N1CCOC(C2CCCO2)C1.I. The molecule has 2 saturated heterocycles. The van der Waals surface area contributed by atoms with Crippen molar-refractivity contribution in [2.45, 2.75) is 38.5 Å². The van der Waals surface area contributed by atoms with Crippen molar-refractivity contribution >= 4 is 35.8 Å². The molecule has 1 aromatic rings. The van der Waals surface area contributed by atoms with Crippen LogP contribution < -0.4 is 11.1 Å². The second-order valence-corrected chi connectivity index (χ2v) is 6.64. The largest absolute Gasteiger partial charge is 0.375 e. The Morgan fingerprint density at radius 1 is 1.33 bits per heavy atom. The third-order valence-corrected chi connectivity index (χ3v) is 4.73. The van der Waals surface area contributed by atoms with Gasteiger partial charge < -0.3 is 25.4 Å². The zero-order chi connectivity index (χ0) is 18.4. The van der Waals surface area contributed by atoms with Crippen LogP contribution in [-0.4, -0.2) is 61.8 Å². The number of carbonyl (C=O) groups excluding carboxylic acids is 1. The summed E-state index contributed by atoms with van der Waals surface area (Å²) < 4.78 is 11.7. The normalized spacial score (nSPS) is 23.0. The van der Waals surface area contributed by atoms with Crippen LogP contribution in [0.1, 0.15) is 35.7 Å². The van der Waals surface area contributed by atoms with Crippen LogP contribution >= 0.6 is 24.0 Å². The van der Waals surface area contributed by atoms with Crippen molar-refractivity contribution in [1.29, 1.82) is 0 Å². The van der Waals surface area contributed by atoms with Gasteiger partial charge in [-0.05, 0) is 37.5 Å². The Bertz CT molecular complexity index is 650. The molecule has 0 aromatic heterocycles. The van der Waals surface area contributed by atoms with Gasteiger partial charge in [-0.25, -0.2) is 4.99 Å². The van der Waals surface area contributed by atoms with Crippen molar-refractivity contribution in [2.75, 3.05) is 32.8 Å². The first-order valence-corrected chi connectivity index (χ1v) is 9.32. The standard InChI is InChI=1S/C19H28N4O3.HI/c1-2-21-19(22-12-14-5-3-6-15(11-14)18(20)24)23-8-10-26-17(13-23)16-7-4-9-25-16;/h3,5-6,11,16-17H,2,4,7-10,12-13H2,1H3,(H2,20,24)(H,21,22);1H. The quantitative estimate of drug-likeness (QED) is 0.375. The van der Waals surface area contributed by atoms with Crippen LogP contribution in [0.5, 0.6) is 0 Å². The Morgan fingerprint density at radius 3 is 2.85 bits per heavy atom. The molecule has 0 radical (unpaired) electrons. The van der Waals surface area contributed by atoms with Gasteiger partial charge in [0.05, 0.1) is 19.3 Å². The van der Waals surface area contributed by atoms with E-state index >= 15 is 0 Å². The molecule has 7 nitrogen and oxygen atoms in total. The summed E-state index contributed by atoms with van der Waals surface area (Å²) >= 11 is 0. The molecule has 0 aliphatic carbocycles. The first kappa shape index (κ1) is 21.9. The third kappa shape index (κ3) is 6.05. The summed E-state index contributed by atoms with van der Waals surface area (Å²) in [7, 11) is 0. The van der Waals surface area contributed by atoms with Crippen molar-refractivity contribution in [3.63, 3.8) is 0 Å². The summed E-state index contributed by atoms with van der Waals surface area (Å²) in [6.45, 7) is 6.42. The first-order chi connectivity index (χ1) is 12.7. The number of morpholine rings is 1. The summed E-state index contributed by atoms with van der Waals surface area (Å²) in [6, 6.07) is 7.30. The number of primary amides is 1.